The molecule has 0 aliphatic rings. The Kier molecular flexibility index (Phi) is 5.72. The average molecular weight is 272 g/mol. The summed E-state index contributed by atoms with van der Waals surface area (Å²) in [5.74, 6) is -3.03. The number of carbonyl (C=O) groups is 2. The predicted molar refractivity (Wildman–Crippen MR) is 63.7 cm³/mol. The molecule has 0 fully saturated rings. The zero-order chi connectivity index (χ0) is 14.3. The lowest BCUT2D eigenvalue weighted by Crippen LogP contribution is -2.35. The van der Waals surface area contributed by atoms with Crippen molar-refractivity contribution in [3.63, 3.8) is 0 Å². The maximum atomic E-state index is 13.3. The van der Waals surface area contributed by atoms with Crippen LogP contribution in [0.25, 0.3) is 0 Å². The number of rotatable bonds is 5. The average Bonchev–Trinajstić information content (AvgIpc) is 2.38. The van der Waals surface area contributed by atoms with Gasteiger partial charge in [0.2, 0.25) is 0 Å². The Morgan fingerprint density at radius 1 is 1.21 bits per heavy atom. The van der Waals surface area contributed by atoms with E-state index >= 15 is 0 Å². The molecule has 0 aliphatic carbocycles. The highest BCUT2D eigenvalue weighted by atomic mass is 19.2. The van der Waals surface area contributed by atoms with Gasteiger partial charge in [-0.3, -0.25) is 4.79 Å². The van der Waals surface area contributed by atoms with Gasteiger partial charge in [-0.15, -0.1) is 0 Å². The summed E-state index contributed by atoms with van der Waals surface area (Å²) in [6, 6.07) is 3.34. The zero-order valence-electron chi connectivity index (χ0n) is 10.3. The fourth-order valence-corrected chi connectivity index (χ4v) is 1.30. The van der Waals surface area contributed by atoms with E-state index in [1.807, 2.05) is 0 Å². The van der Waals surface area contributed by atoms with Gasteiger partial charge >= 0.3 is 6.09 Å². The third kappa shape index (κ3) is 4.53. The SMILES string of the molecule is CCOC(=O)NCCNC(=O)c1cccc(F)c1F. The summed E-state index contributed by atoms with van der Waals surface area (Å²) >= 11 is 0. The molecule has 2 N–H and O–H groups in total. The van der Waals surface area contributed by atoms with Crippen molar-refractivity contribution in [1.29, 1.82) is 0 Å². The van der Waals surface area contributed by atoms with Gasteiger partial charge in [0.05, 0.1) is 12.2 Å². The molecule has 19 heavy (non-hydrogen) atoms. The van der Waals surface area contributed by atoms with Gasteiger partial charge in [0.1, 0.15) is 0 Å². The van der Waals surface area contributed by atoms with Gasteiger partial charge in [0, 0.05) is 13.1 Å². The van der Waals surface area contributed by atoms with Gasteiger partial charge in [-0.05, 0) is 19.1 Å². The molecule has 1 rings (SSSR count). The van der Waals surface area contributed by atoms with E-state index in [0.29, 0.717) is 0 Å². The van der Waals surface area contributed by atoms with Crippen LogP contribution in [0.15, 0.2) is 18.2 Å². The quantitative estimate of drug-likeness (QED) is 0.797. The molecule has 0 spiro atoms. The van der Waals surface area contributed by atoms with Crippen LogP contribution in [0.3, 0.4) is 0 Å². The standard InChI is InChI=1S/C12H14F2N2O3/c1-2-19-12(18)16-7-6-15-11(17)8-4-3-5-9(13)10(8)14/h3-5H,2,6-7H2,1H3,(H,15,17)(H,16,18). The first-order valence-electron chi connectivity index (χ1n) is 5.69. The highest BCUT2D eigenvalue weighted by molar-refractivity contribution is 5.94. The molecule has 0 radical (unpaired) electrons. The van der Waals surface area contributed by atoms with Crippen LogP contribution in [0.4, 0.5) is 13.6 Å². The Labute approximate surface area is 108 Å². The van der Waals surface area contributed by atoms with Crippen molar-refractivity contribution in [3.05, 3.63) is 35.4 Å². The summed E-state index contributed by atoms with van der Waals surface area (Å²) in [6.07, 6.45) is -0.603. The largest absolute Gasteiger partial charge is 0.450 e. The summed E-state index contributed by atoms with van der Waals surface area (Å²) in [5.41, 5.74) is -0.379. The first-order chi connectivity index (χ1) is 9.06. The van der Waals surface area contributed by atoms with Gasteiger partial charge in [-0.2, -0.15) is 0 Å². The second-order valence-electron chi connectivity index (χ2n) is 3.50. The lowest BCUT2D eigenvalue weighted by Gasteiger charge is -2.07. The zero-order valence-corrected chi connectivity index (χ0v) is 10.3. The summed E-state index contributed by atoms with van der Waals surface area (Å²) in [4.78, 5) is 22.4. The number of carbonyl (C=O) groups excluding carboxylic acids is 2. The second-order valence-corrected chi connectivity index (χ2v) is 3.50. The fraction of sp³-hybridized carbons (Fsp3) is 0.333. The third-order valence-corrected chi connectivity index (χ3v) is 2.15. The van der Waals surface area contributed by atoms with Crippen molar-refractivity contribution >= 4 is 12.0 Å². The summed E-state index contributed by atoms with van der Waals surface area (Å²) in [6.45, 7) is 2.11. The van der Waals surface area contributed by atoms with Gasteiger partial charge in [0.25, 0.3) is 5.91 Å². The Balaban J connectivity index is 2.40. The molecule has 0 unspecified atom stereocenters. The molecule has 2 amide bonds. The number of alkyl carbamates (subject to hydrolysis) is 1. The van der Waals surface area contributed by atoms with E-state index in [2.05, 4.69) is 15.4 Å². The molecule has 0 saturated heterocycles. The summed E-state index contributed by atoms with van der Waals surface area (Å²) < 4.78 is 30.8. The number of halogens is 2. The highest BCUT2D eigenvalue weighted by Crippen LogP contribution is 2.10. The molecular formula is C12H14F2N2O3. The van der Waals surface area contributed by atoms with Crippen LogP contribution in [0.2, 0.25) is 0 Å². The number of hydrogen-bond acceptors (Lipinski definition) is 3. The molecule has 5 nitrogen and oxygen atoms in total. The molecule has 104 valence electrons. The molecule has 0 heterocycles. The highest BCUT2D eigenvalue weighted by Gasteiger charge is 2.14. The third-order valence-electron chi connectivity index (χ3n) is 2.15. The van der Waals surface area contributed by atoms with Gasteiger partial charge in [0.15, 0.2) is 11.6 Å². The molecule has 7 heteroatoms. The van der Waals surface area contributed by atoms with Crippen LogP contribution < -0.4 is 10.6 Å². The molecule has 0 atom stereocenters. The smallest absolute Gasteiger partial charge is 0.407 e. The summed E-state index contributed by atoms with van der Waals surface area (Å²) in [7, 11) is 0. The predicted octanol–water partition coefficient (Wildman–Crippen LogP) is 1.44. The van der Waals surface area contributed by atoms with Crippen LogP contribution in [0, 0.1) is 11.6 Å². The Bertz CT molecular complexity index is 466. The molecular weight excluding hydrogens is 258 g/mol. The number of hydrogen-bond donors (Lipinski definition) is 2. The summed E-state index contributed by atoms with van der Waals surface area (Å²) in [5, 5.41) is 4.72. The van der Waals surface area contributed by atoms with Crippen LogP contribution in [-0.2, 0) is 4.74 Å². The number of nitrogens with one attached hydrogen (secondary N) is 2. The van der Waals surface area contributed by atoms with E-state index < -0.39 is 23.6 Å². The molecule has 1 aromatic carbocycles. The van der Waals surface area contributed by atoms with Crippen molar-refractivity contribution in [2.45, 2.75) is 6.92 Å². The lowest BCUT2D eigenvalue weighted by atomic mass is 10.2. The topological polar surface area (TPSA) is 67.4 Å². The van der Waals surface area contributed by atoms with Crippen LogP contribution in [0.1, 0.15) is 17.3 Å². The van der Waals surface area contributed by atoms with E-state index in [1.165, 1.54) is 12.1 Å². The van der Waals surface area contributed by atoms with E-state index in [-0.39, 0.29) is 25.3 Å². The van der Waals surface area contributed by atoms with E-state index in [4.69, 9.17) is 0 Å². The maximum absolute atomic E-state index is 13.3. The maximum Gasteiger partial charge on any atom is 0.407 e. The first kappa shape index (κ1) is 14.9. The molecule has 0 aliphatic heterocycles. The van der Waals surface area contributed by atoms with Gasteiger partial charge in [-0.25, -0.2) is 13.6 Å². The lowest BCUT2D eigenvalue weighted by molar-refractivity contribution is 0.0947. The first-order valence-corrected chi connectivity index (χ1v) is 5.69. The normalized spacial score (nSPS) is 9.84. The minimum atomic E-state index is -1.20. The monoisotopic (exact) mass is 272 g/mol. The van der Waals surface area contributed by atoms with Crippen LogP contribution in [-0.4, -0.2) is 31.7 Å². The second kappa shape index (κ2) is 7.30. The minimum absolute atomic E-state index is 0.0770. The number of benzene rings is 1. The molecule has 0 aromatic heterocycles. The van der Waals surface area contributed by atoms with Crippen LogP contribution in [0.5, 0.6) is 0 Å². The van der Waals surface area contributed by atoms with Gasteiger partial charge < -0.3 is 15.4 Å². The molecule has 0 bridgehead atoms. The van der Waals surface area contributed by atoms with E-state index in [0.717, 1.165) is 6.07 Å². The van der Waals surface area contributed by atoms with Gasteiger partial charge in [-0.1, -0.05) is 6.07 Å². The number of amides is 2. The van der Waals surface area contributed by atoms with Crippen LogP contribution >= 0.6 is 0 Å². The van der Waals surface area contributed by atoms with E-state index in [1.54, 1.807) is 6.92 Å². The Hall–Kier alpha value is -2.18. The minimum Gasteiger partial charge on any atom is -0.450 e. The van der Waals surface area contributed by atoms with Crippen molar-refractivity contribution in [2.24, 2.45) is 0 Å². The van der Waals surface area contributed by atoms with Crippen molar-refractivity contribution in [1.82, 2.24) is 10.6 Å². The van der Waals surface area contributed by atoms with Crippen molar-refractivity contribution in [3.8, 4) is 0 Å². The van der Waals surface area contributed by atoms with Crippen molar-refractivity contribution in [2.75, 3.05) is 19.7 Å². The Morgan fingerprint density at radius 2 is 1.89 bits per heavy atom. The Morgan fingerprint density at radius 3 is 2.58 bits per heavy atom. The van der Waals surface area contributed by atoms with E-state index in [9.17, 15) is 18.4 Å². The van der Waals surface area contributed by atoms with Crippen molar-refractivity contribution < 1.29 is 23.1 Å². The number of ether oxygens (including phenoxy) is 1. The molecule has 0 saturated carbocycles. The fourth-order valence-electron chi connectivity index (χ4n) is 1.30. The molecule has 1 aromatic rings.